The summed E-state index contributed by atoms with van der Waals surface area (Å²) in [5, 5.41) is 1.00. The summed E-state index contributed by atoms with van der Waals surface area (Å²) in [5.74, 6) is 0.369. The zero-order valence-corrected chi connectivity index (χ0v) is 11.8. The molecule has 3 rings (SSSR count). The number of rotatable bonds is 6. The molecule has 0 amide bonds. The van der Waals surface area contributed by atoms with E-state index in [0.29, 0.717) is 13.0 Å². The zero-order valence-electron chi connectivity index (χ0n) is 11.8. The molecule has 2 atom stereocenters. The number of ether oxygens (including phenoxy) is 3. The monoisotopic (exact) mass is 290 g/mol. The summed E-state index contributed by atoms with van der Waals surface area (Å²) < 4.78 is 15.4. The van der Waals surface area contributed by atoms with Gasteiger partial charge in [0.05, 0.1) is 13.7 Å². The van der Waals surface area contributed by atoms with Gasteiger partial charge in [-0.2, -0.15) is 0 Å². The number of nitrogens with two attached hydrogens (primary N) is 1. The number of methoxy groups -OCH3 is 1. The molecule has 0 spiro atoms. The average molecular weight is 290 g/mol. The van der Waals surface area contributed by atoms with Crippen molar-refractivity contribution >= 4 is 16.9 Å². The highest BCUT2D eigenvalue weighted by Gasteiger charge is 2.23. The van der Waals surface area contributed by atoms with Crippen LogP contribution in [0.25, 0.3) is 10.9 Å². The van der Waals surface area contributed by atoms with Gasteiger partial charge in [-0.15, -0.1) is 0 Å². The molecule has 1 aliphatic rings. The fraction of sp³-hybridized carbons (Fsp3) is 0.400. The molecule has 2 heterocycles. The number of nitrogens with one attached hydrogen (secondary N) is 1. The van der Waals surface area contributed by atoms with Crippen molar-refractivity contribution in [2.24, 2.45) is 5.73 Å². The SMILES string of the molecule is COC(=O)[C@@H](N)Cc1c[nH]c2ccc(OCC3CO3)cc12. The fourth-order valence-corrected chi connectivity index (χ4v) is 2.24. The number of esters is 1. The molecule has 1 aromatic heterocycles. The second kappa shape index (κ2) is 5.75. The smallest absolute Gasteiger partial charge is 0.322 e. The Bertz CT molecular complexity index is 648. The van der Waals surface area contributed by atoms with Gasteiger partial charge in [0, 0.05) is 23.5 Å². The lowest BCUT2D eigenvalue weighted by Gasteiger charge is -2.09. The number of carbonyl (C=O) groups is 1. The summed E-state index contributed by atoms with van der Waals surface area (Å²) in [6, 6.07) is 5.14. The molecule has 0 aliphatic carbocycles. The molecule has 3 N–H and O–H groups in total. The van der Waals surface area contributed by atoms with Gasteiger partial charge in [0.2, 0.25) is 0 Å². The van der Waals surface area contributed by atoms with Crippen molar-refractivity contribution in [1.29, 1.82) is 0 Å². The van der Waals surface area contributed by atoms with Crippen LogP contribution in [-0.4, -0.2) is 43.4 Å². The highest BCUT2D eigenvalue weighted by Crippen LogP contribution is 2.25. The van der Waals surface area contributed by atoms with Crippen LogP contribution in [0.15, 0.2) is 24.4 Å². The Hall–Kier alpha value is -2.05. The van der Waals surface area contributed by atoms with Crippen molar-refractivity contribution in [2.45, 2.75) is 18.6 Å². The van der Waals surface area contributed by atoms with Gasteiger partial charge in [-0.25, -0.2) is 0 Å². The maximum absolute atomic E-state index is 11.4. The lowest BCUT2D eigenvalue weighted by Crippen LogP contribution is -2.33. The Labute approximate surface area is 122 Å². The highest BCUT2D eigenvalue weighted by atomic mass is 16.6. The van der Waals surface area contributed by atoms with E-state index in [0.717, 1.165) is 28.8 Å². The summed E-state index contributed by atoms with van der Waals surface area (Å²) in [4.78, 5) is 14.6. The molecule has 1 aliphatic heterocycles. The molecule has 0 bridgehead atoms. The fourth-order valence-electron chi connectivity index (χ4n) is 2.24. The molecule has 112 valence electrons. The predicted molar refractivity (Wildman–Crippen MR) is 77.2 cm³/mol. The summed E-state index contributed by atoms with van der Waals surface area (Å²) in [7, 11) is 1.34. The van der Waals surface area contributed by atoms with E-state index in [2.05, 4.69) is 9.72 Å². The van der Waals surface area contributed by atoms with Crippen LogP contribution in [0.3, 0.4) is 0 Å². The molecular weight excluding hydrogens is 272 g/mol. The van der Waals surface area contributed by atoms with Gasteiger partial charge in [-0.05, 0) is 23.8 Å². The van der Waals surface area contributed by atoms with Crippen LogP contribution in [-0.2, 0) is 20.7 Å². The molecule has 1 saturated heterocycles. The minimum atomic E-state index is -0.668. The first-order chi connectivity index (χ1) is 10.2. The van der Waals surface area contributed by atoms with E-state index >= 15 is 0 Å². The van der Waals surface area contributed by atoms with E-state index in [1.54, 1.807) is 0 Å². The molecular formula is C15H18N2O4. The van der Waals surface area contributed by atoms with E-state index in [4.69, 9.17) is 15.2 Å². The van der Waals surface area contributed by atoms with Crippen LogP contribution in [0.5, 0.6) is 5.75 Å². The average Bonchev–Trinajstić information content (AvgIpc) is 3.26. The Kier molecular flexibility index (Phi) is 3.81. The van der Waals surface area contributed by atoms with Gasteiger partial charge < -0.3 is 24.9 Å². The Morgan fingerprint density at radius 3 is 3.10 bits per heavy atom. The standard InChI is InChI=1S/C15H18N2O4/c1-19-15(18)13(16)4-9-6-17-14-3-2-10(5-12(9)14)20-7-11-8-21-11/h2-3,5-6,11,13,17H,4,7-8,16H2,1H3/t11?,13-/m0/s1. The van der Waals surface area contributed by atoms with Gasteiger partial charge in [-0.1, -0.05) is 0 Å². The third kappa shape index (κ3) is 3.17. The molecule has 1 unspecified atom stereocenters. The van der Waals surface area contributed by atoms with Crippen LogP contribution in [0, 0.1) is 0 Å². The number of aromatic amines is 1. The van der Waals surface area contributed by atoms with Crippen LogP contribution in [0.2, 0.25) is 0 Å². The molecule has 6 heteroatoms. The van der Waals surface area contributed by atoms with E-state index in [1.807, 2.05) is 24.4 Å². The summed E-state index contributed by atoms with van der Waals surface area (Å²) in [6.07, 6.45) is 2.50. The van der Waals surface area contributed by atoms with E-state index in [-0.39, 0.29) is 6.10 Å². The maximum atomic E-state index is 11.4. The van der Waals surface area contributed by atoms with Crippen molar-refractivity contribution in [1.82, 2.24) is 4.98 Å². The van der Waals surface area contributed by atoms with Gasteiger partial charge in [0.15, 0.2) is 0 Å². The second-order valence-electron chi connectivity index (χ2n) is 5.12. The largest absolute Gasteiger partial charge is 0.491 e. The third-order valence-electron chi connectivity index (χ3n) is 3.52. The number of aromatic nitrogens is 1. The minimum absolute atomic E-state index is 0.221. The van der Waals surface area contributed by atoms with Crippen molar-refractivity contribution in [2.75, 3.05) is 20.3 Å². The number of epoxide rings is 1. The first-order valence-corrected chi connectivity index (χ1v) is 6.85. The number of carbonyl (C=O) groups excluding carboxylic acids is 1. The first kappa shape index (κ1) is 13.9. The number of hydrogen-bond acceptors (Lipinski definition) is 5. The summed E-state index contributed by atoms with van der Waals surface area (Å²) >= 11 is 0. The van der Waals surface area contributed by atoms with E-state index < -0.39 is 12.0 Å². The number of hydrogen-bond donors (Lipinski definition) is 2. The predicted octanol–water partition coefficient (Wildman–Crippen LogP) is 0.988. The van der Waals surface area contributed by atoms with Crippen LogP contribution >= 0.6 is 0 Å². The highest BCUT2D eigenvalue weighted by molar-refractivity contribution is 5.85. The minimum Gasteiger partial charge on any atom is -0.491 e. The number of benzene rings is 1. The molecule has 2 aromatic rings. The third-order valence-corrected chi connectivity index (χ3v) is 3.52. The van der Waals surface area contributed by atoms with Gasteiger partial charge in [-0.3, -0.25) is 4.79 Å². The van der Waals surface area contributed by atoms with Gasteiger partial charge in [0.25, 0.3) is 0 Å². The number of H-pyrrole nitrogens is 1. The number of fused-ring (bicyclic) bond motifs is 1. The normalized spacial score (nSPS) is 18.5. The molecule has 1 fully saturated rings. The maximum Gasteiger partial charge on any atom is 0.322 e. The second-order valence-corrected chi connectivity index (χ2v) is 5.12. The van der Waals surface area contributed by atoms with Gasteiger partial charge >= 0.3 is 5.97 Å². The molecule has 1 aromatic carbocycles. The van der Waals surface area contributed by atoms with Gasteiger partial charge in [0.1, 0.15) is 24.5 Å². The Morgan fingerprint density at radius 2 is 2.38 bits per heavy atom. The van der Waals surface area contributed by atoms with Crippen LogP contribution in [0.4, 0.5) is 0 Å². The van der Waals surface area contributed by atoms with Crippen molar-refractivity contribution in [3.63, 3.8) is 0 Å². The molecule has 6 nitrogen and oxygen atoms in total. The van der Waals surface area contributed by atoms with Crippen molar-refractivity contribution < 1.29 is 19.0 Å². The topological polar surface area (TPSA) is 89.9 Å². The molecule has 0 radical (unpaired) electrons. The van der Waals surface area contributed by atoms with Crippen LogP contribution < -0.4 is 10.5 Å². The lowest BCUT2D eigenvalue weighted by atomic mass is 10.1. The Balaban J connectivity index is 1.77. The summed E-state index contributed by atoms with van der Waals surface area (Å²) in [5.41, 5.74) is 7.77. The summed E-state index contributed by atoms with van der Waals surface area (Å²) in [6.45, 7) is 1.33. The first-order valence-electron chi connectivity index (χ1n) is 6.85. The molecule has 0 saturated carbocycles. The zero-order chi connectivity index (χ0) is 14.8. The van der Waals surface area contributed by atoms with E-state index in [1.165, 1.54) is 7.11 Å². The quantitative estimate of drug-likeness (QED) is 0.611. The lowest BCUT2D eigenvalue weighted by molar-refractivity contribution is -0.142. The van der Waals surface area contributed by atoms with E-state index in [9.17, 15) is 4.79 Å². The van der Waals surface area contributed by atoms with Crippen molar-refractivity contribution in [3.05, 3.63) is 30.0 Å². The Morgan fingerprint density at radius 1 is 1.57 bits per heavy atom. The van der Waals surface area contributed by atoms with Crippen LogP contribution in [0.1, 0.15) is 5.56 Å². The van der Waals surface area contributed by atoms with Crippen molar-refractivity contribution in [3.8, 4) is 5.75 Å². The molecule has 21 heavy (non-hydrogen) atoms.